The summed E-state index contributed by atoms with van der Waals surface area (Å²) in [5.74, 6) is 0.266. The molecule has 1 saturated heterocycles. The Morgan fingerprint density at radius 2 is 2.06 bits per heavy atom. The summed E-state index contributed by atoms with van der Waals surface area (Å²) >= 11 is -2.24. The minimum atomic E-state index is -2.24. The lowest BCUT2D eigenvalue weighted by atomic mass is 10.0. The zero-order chi connectivity index (χ0) is 24.1. The number of amides is 1. The molecule has 1 aliphatic rings. The third-order valence-corrected chi connectivity index (χ3v) is 6.40. The summed E-state index contributed by atoms with van der Waals surface area (Å²) in [6, 6.07) is 16.4. The van der Waals surface area contributed by atoms with Gasteiger partial charge in [0.2, 0.25) is 0 Å². The number of carbonyl (C=O) groups excluding carboxylic acids is 1. The number of ether oxygens (including phenoxy) is 1. The molecule has 3 aromatic rings. The molecule has 0 radical (unpaired) electrons. The van der Waals surface area contributed by atoms with Crippen LogP contribution in [0.2, 0.25) is 0 Å². The van der Waals surface area contributed by atoms with Crippen LogP contribution in [0.15, 0.2) is 60.8 Å². The Kier molecular flexibility index (Phi) is 7.73. The molecule has 2 heterocycles. The van der Waals surface area contributed by atoms with Gasteiger partial charge in [0.05, 0.1) is 23.3 Å². The number of benzene rings is 2. The third-order valence-electron chi connectivity index (χ3n) is 6.00. The normalized spacial score (nSPS) is 17.9. The maximum absolute atomic E-state index is 13.1. The molecule has 4 rings (SSSR count). The molecular formula is C24H28N4O5S. The molecule has 1 aromatic heterocycles. The summed E-state index contributed by atoms with van der Waals surface area (Å²) in [6.07, 6.45) is 1.98. The van der Waals surface area contributed by atoms with Gasteiger partial charge >= 0.3 is 0 Å². The average molecular weight is 485 g/mol. The Balaban J connectivity index is 1.50. The maximum Gasteiger partial charge on any atom is 0.260 e. The van der Waals surface area contributed by atoms with Crippen molar-refractivity contribution in [3.8, 4) is 5.75 Å². The van der Waals surface area contributed by atoms with Crippen LogP contribution >= 0.6 is 0 Å². The maximum atomic E-state index is 13.1. The summed E-state index contributed by atoms with van der Waals surface area (Å²) in [5, 5.41) is 10.5. The second-order valence-electron chi connectivity index (χ2n) is 8.28. The number of nitrogens with one attached hydrogen (secondary N) is 1. The van der Waals surface area contributed by atoms with Crippen molar-refractivity contribution >= 4 is 33.8 Å². The van der Waals surface area contributed by atoms with E-state index < -0.39 is 11.3 Å². The molecule has 3 atom stereocenters. The minimum Gasteiger partial charge on any atom is -0.483 e. The van der Waals surface area contributed by atoms with Crippen molar-refractivity contribution < 1.29 is 23.4 Å². The molecule has 0 saturated carbocycles. The summed E-state index contributed by atoms with van der Waals surface area (Å²) in [4.78, 5) is 21.3. The molecule has 10 heteroatoms. The summed E-state index contributed by atoms with van der Waals surface area (Å²) in [7, 11) is 1.76. The third kappa shape index (κ3) is 5.71. The molecule has 0 aliphatic carbocycles. The second-order valence-corrected chi connectivity index (χ2v) is 8.99. The Morgan fingerprint density at radius 3 is 2.76 bits per heavy atom. The number of hydrogen-bond acceptors (Lipinski definition) is 6. The first-order valence-corrected chi connectivity index (χ1v) is 12.1. The first-order chi connectivity index (χ1) is 16.4. The van der Waals surface area contributed by atoms with E-state index in [2.05, 4.69) is 14.6 Å². The van der Waals surface area contributed by atoms with Crippen molar-refractivity contribution in [2.75, 3.05) is 38.0 Å². The predicted molar refractivity (Wildman–Crippen MR) is 131 cm³/mol. The number of aromatic nitrogens is 1. The fourth-order valence-corrected chi connectivity index (χ4v) is 4.57. The first kappa shape index (κ1) is 24.1. The zero-order valence-corrected chi connectivity index (χ0v) is 19.6. The van der Waals surface area contributed by atoms with Gasteiger partial charge < -0.3 is 14.7 Å². The van der Waals surface area contributed by atoms with Gasteiger partial charge in [-0.2, -0.15) is 0 Å². The van der Waals surface area contributed by atoms with Crippen molar-refractivity contribution in [2.24, 2.45) is 0 Å². The number of β-amino-alcohol motifs (C(OH)–C–C–N with tert-alkyl or cyclic N) is 1. The number of aliphatic hydroxyl groups excluding tert-OH is 1. The molecular weight excluding hydrogens is 456 g/mol. The van der Waals surface area contributed by atoms with Crippen LogP contribution in [0.3, 0.4) is 0 Å². The second kappa shape index (κ2) is 10.9. The molecule has 1 aliphatic heterocycles. The van der Waals surface area contributed by atoms with Crippen LogP contribution in [0.25, 0.3) is 10.9 Å². The monoisotopic (exact) mass is 484 g/mol. The lowest BCUT2D eigenvalue weighted by molar-refractivity contribution is -0.134. The van der Waals surface area contributed by atoms with Gasteiger partial charge in [-0.25, -0.2) is 4.21 Å². The van der Waals surface area contributed by atoms with Crippen molar-refractivity contribution in [3.05, 3.63) is 66.4 Å². The fraction of sp³-hybridized carbons (Fsp3) is 0.333. The Hall–Kier alpha value is -3.05. The van der Waals surface area contributed by atoms with E-state index in [4.69, 9.17) is 9.29 Å². The minimum absolute atomic E-state index is 0.175. The van der Waals surface area contributed by atoms with E-state index in [0.717, 1.165) is 18.5 Å². The number of likely N-dealkylation sites (N-methyl/N-ethyl adjacent to an activating group) is 1. The van der Waals surface area contributed by atoms with Crippen molar-refractivity contribution in [1.29, 1.82) is 0 Å². The van der Waals surface area contributed by atoms with Crippen LogP contribution in [-0.4, -0.2) is 74.0 Å². The highest BCUT2D eigenvalue weighted by Crippen LogP contribution is 2.30. The SMILES string of the molecule is CN(C(=O)COc1ccc(NS(=O)O)c2ncccc12)[C@H](CN1CC[C@H](O)C1)c1ccccc1. The molecule has 2 aromatic carbocycles. The lowest BCUT2D eigenvalue weighted by Crippen LogP contribution is -2.40. The number of likely N-dealkylation sites (tertiary alicyclic amines) is 1. The topological polar surface area (TPSA) is 115 Å². The predicted octanol–water partition coefficient (Wildman–Crippen LogP) is 2.43. The summed E-state index contributed by atoms with van der Waals surface area (Å²) in [5.41, 5.74) is 1.88. The molecule has 0 spiro atoms. The lowest BCUT2D eigenvalue weighted by Gasteiger charge is -2.32. The van der Waals surface area contributed by atoms with E-state index in [0.29, 0.717) is 35.4 Å². The van der Waals surface area contributed by atoms with Crippen molar-refractivity contribution in [2.45, 2.75) is 18.6 Å². The van der Waals surface area contributed by atoms with Gasteiger partial charge in [0.1, 0.15) is 5.75 Å². The number of fused-ring (bicyclic) bond motifs is 1. The number of hydrogen-bond donors (Lipinski definition) is 3. The van der Waals surface area contributed by atoms with Gasteiger partial charge in [-0.3, -0.25) is 24.0 Å². The highest BCUT2D eigenvalue weighted by atomic mass is 32.2. The zero-order valence-electron chi connectivity index (χ0n) is 18.8. The number of carbonyl (C=O) groups is 1. The smallest absolute Gasteiger partial charge is 0.260 e. The number of pyridine rings is 1. The van der Waals surface area contributed by atoms with Crippen LogP contribution < -0.4 is 9.46 Å². The molecule has 34 heavy (non-hydrogen) atoms. The van der Waals surface area contributed by atoms with E-state index in [-0.39, 0.29) is 24.7 Å². The Morgan fingerprint density at radius 1 is 1.26 bits per heavy atom. The van der Waals surface area contributed by atoms with Crippen molar-refractivity contribution in [1.82, 2.24) is 14.8 Å². The largest absolute Gasteiger partial charge is 0.483 e. The molecule has 3 N–H and O–H groups in total. The standard InChI is InChI=1S/C24H28N4O5S/c1-27(21(17-6-3-2-4-7-17)15-28-13-11-18(29)14-28)23(30)16-33-22-10-9-20(26-34(31)32)24-19(22)8-5-12-25-24/h2-10,12,18,21,26,29H,11,13-16H2,1H3,(H,31,32)/t18-,21+/m0/s1. The van der Waals surface area contributed by atoms with E-state index in [1.807, 2.05) is 30.3 Å². The highest BCUT2D eigenvalue weighted by molar-refractivity contribution is 7.80. The highest BCUT2D eigenvalue weighted by Gasteiger charge is 2.28. The fourth-order valence-electron chi connectivity index (χ4n) is 4.21. The number of rotatable bonds is 9. The number of nitrogens with zero attached hydrogens (tertiary/aromatic N) is 3. The van der Waals surface area contributed by atoms with Crippen LogP contribution in [0.4, 0.5) is 5.69 Å². The van der Waals surface area contributed by atoms with Gasteiger partial charge in [-0.15, -0.1) is 0 Å². The van der Waals surface area contributed by atoms with Gasteiger partial charge in [-0.1, -0.05) is 30.3 Å². The van der Waals surface area contributed by atoms with Crippen molar-refractivity contribution in [3.63, 3.8) is 0 Å². The van der Waals surface area contributed by atoms with E-state index in [9.17, 15) is 14.1 Å². The average Bonchev–Trinajstić information content (AvgIpc) is 3.26. The van der Waals surface area contributed by atoms with Gasteiger partial charge in [0.25, 0.3) is 17.2 Å². The molecule has 180 valence electrons. The van der Waals surface area contributed by atoms with Crippen LogP contribution in [-0.2, 0) is 16.1 Å². The van der Waals surface area contributed by atoms with Crippen LogP contribution in [0, 0.1) is 0 Å². The molecule has 1 amide bonds. The Bertz CT molecular complexity index is 1160. The Labute approximate surface area is 200 Å². The van der Waals surface area contributed by atoms with Crippen LogP contribution in [0.1, 0.15) is 18.0 Å². The molecule has 9 nitrogen and oxygen atoms in total. The number of aliphatic hydroxyl groups is 1. The van der Waals surface area contributed by atoms with Crippen LogP contribution in [0.5, 0.6) is 5.75 Å². The van der Waals surface area contributed by atoms with E-state index in [1.165, 1.54) is 0 Å². The summed E-state index contributed by atoms with van der Waals surface area (Å²) in [6.45, 7) is 1.83. The summed E-state index contributed by atoms with van der Waals surface area (Å²) < 4.78 is 28.7. The molecule has 0 bridgehead atoms. The molecule has 1 unspecified atom stereocenters. The van der Waals surface area contributed by atoms with Gasteiger partial charge in [-0.05, 0) is 36.2 Å². The van der Waals surface area contributed by atoms with E-state index >= 15 is 0 Å². The van der Waals surface area contributed by atoms with Gasteiger partial charge in [0.15, 0.2) is 6.61 Å². The van der Waals surface area contributed by atoms with Gasteiger partial charge in [0, 0.05) is 38.3 Å². The quantitative estimate of drug-likeness (QED) is 0.400. The molecule has 1 fully saturated rings. The first-order valence-electron chi connectivity index (χ1n) is 11.0. The number of anilines is 1. The van der Waals surface area contributed by atoms with E-state index in [1.54, 1.807) is 42.4 Å².